The zero-order chi connectivity index (χ0) is 25.1. The molecule has 3 N–H and O–H groups in total. The van der Waals surface area contributed by atoms with Crippen LogP contribution in [0.25, 0.3) is 5.52 Å². The van der Waals surface area contributed by atoms with Gasteiger partial charge in [-0.25, -0.2) is 18.7 Å². The highest BCUT2D eigenvalue weighted by atomic mass is 19.4. The van der Waals surface area contributed by atoms with Crippen molar-refractivity contribution in [3.8, 4) is 5.88 Å². The van der Waals surface area contributed by atoms with Gasteiger partial charge in [-0.2, -0.15) is 18.3 Å². The van der Waals surface area contributed by atoms with Crippen LogP contribution in [0.15, 0.2) is 24.5 Å². The number of anilines is 2. The van der Waals surface area contributed by atoms with Gasteiger partial charge in [-0.1, -0.05) is 0 Å². The van der Waals surface area contributed by atoms with Crippen molar-refractivity contribution in [2.24, 2.45) is 5.92 Å². The van der Waals surface area contributed by atoms with Crippen molar-refractivity contribution in [2.75, 3.05) is 18.5 Å². The first-order valence-electron chi connectivity index (χ1n) is 11.3. The predicted molar refractivity (Wildman–Crippen MR) is 113 cm³/mol. The van der Waals surface area contributed by atoms with Gasteiger partial charge in [0.2, 0.25) is 5.88 Å². The standard InChI is InChI=1S/C21H21F4N7O4/c22-16-13(36-19(33)28-20-5-10(6-20)7-20)8-34-17(16)11-3-14(30-29-11)27-18-12-4-15(35-9-21(23,24)25)31-32(12)2-1-26-18/h1-4,10,13,16-17H,5-9H2,(H,28,33)(H2,26,27,29,30)/t10?,13-,16-,17-,20?/m0/s1. The Morgan fingerprint density at radius 3 is 2.83 bits per heavy atom. The van der Waals surface area contributed by atoms with Crippen molar-refractivity contribution < 1.29 is 36.6 Å². The molecule has 1 saturated heterocycles. The van der Waals surface area contributed by atoms with Crippen molar-refractivity contribution in [1.29, 1.82) is 0 Å². The van der Waals surface area contributed by atoms with Crippen molar-refractivity contribution in [3.63, 3.8) is 0 Å². The number of H-pyrrole nitrogens is 1. The molecule has 4 heterocycles. The number of amides is 1. The first kappa shape index (κ1) is 22.8. The van der Waals surface area contributed by atoms with Gasteiger partial charge >= 0.3 is 12.3 Å². The van der Waals surface area contributed by atoms with E-state index >= 15 is 4.39 Å². The summed E-state index contributed by atoms with van der Waals surface area (Å²) in [5, 5.41) is 16.4. The molecule has 7 rings (SSSR count). The molecule has 192 valence electrons. The van der Waals surface area contributed by atoms with E-state index in [1.54, 1.807) is 0 Å². The van der Waals surface area contributed by atoms with Gasteiger partial charge in [-0.15, -0.1) is 5.10 Å². The largest absolute Gasteiger partial charge is 0.467 e. The maximum absolute atomic E-state index is 15.0. The maximum atomic E-state index is 15.0. The normalized spacial score (nSPS) is 28.9. The lowest BCUT2D eigenvalue weighted by Gasteiger charge is -2.61. The number of rotatable bonds is 7. The van der Waals surface area contributed by atoms with Crippen LogP contribution in [0.1, 0.15) is 31.1 Å². The molecule has 1 aliphatic heterocycles. The molecule has 2 bridgehead atoms. The summed E-state index contributed by atoms with van der Waals surface area (Å²) in [6.45, 7) is -1.58. The van der Waals surface area contributed by atoms with Crippen LogP contribution in [0.3, 0.4) is 0 Å². The fourth-order valence-electron chi connectivity index (χ4n) is 4.84. The minimum Gasteiger partial charge on any atom is -0.467 e. The van der Waals surface area contributed by atoms with Gasteiger partial charge in [0.05, 0.1) is 12.3 Å². The van der Waals surface area contributed by atoms with E-state index in [1.165, 1.54) is 29.0 Å². The molecule has 36 heavy (non-hydrogen) atoms. The van der Waals surface area contributed by atoms with Crippen LogP contribution in [0.4, 0.5) is 34.0 Å². The third kappa shape index (κ3) is 4.27. The van der Waals surface area contributed by atoms with E-state index in [1.807, 2.05) is 0 Å². The Hall–Kier alpha value is -3.62. The number of hydrogen-bond acceptors (Lipinski definition) is 8. The van der Waals surface area contributed by atoms with E-state index in [9.17, 15) is 18.0 Å². The molecular weight excluding hydrogens is 490 g/mol. The number of carbonyl (C=O) groups excluding carboxylic acids is 1. The summed E-state index contributed by atoms with van der Waals surface area (Å²) in [5.41, 5.74) is 0.474. The number of nitrogens with zero attached hydrogens (tertiary/aromatic N) is 4. The minimum atomic E-state index is -4.50. The molecule has 4 aliphatic rings. The zero-order valence-electron chi connectivity index (χ0n) is 18.6. The Balaban J connectivity index is 1.09. The number of alkyl halides is 4. The molecule has 0 radical (unpaired) electrons. The van der Waals surface area contributed by atoms with Gasteiger partial charge in [0.25, 0.3) is 0 Å². The Morgan fingerprint density at radius 1 is 1.31 bits per heavy atom. The maximum Gasteiger partial charge on any atom is 0.422 e. The third-order valence-electron chi connectivity index (χ3n) is 6.65. The fraction of sp³-hybridized carbons (Fsp3) is 0.524. The molecule has 0 spiro atoms. The van der Waals surface area contributed by atoms with Gasteiger partial charge in [0.15, 0.2) is 30.5 Å². The summed E-state index contributed by atoms with van der Waals surface area (Å²) < 4.78 is 69.1. The molecule has 0 unspecified atom stereocenters. The number of hydrogen-bond donors (Lipinski definition) is 3. The van der Waals surface area contributed by atoms with E-state index in [4.69, 9.17) is 9.47 Å². The highest BCUT2D eigenvalue weighted by Crippen LogP contribution is 2.57. The highest BCUT2D eigenvalue weighted by molar-refractivity contribution is 5.73. The van der Waals surface area contributed by atoms with Crippen molar-refractivity contribution in [3.05, 3.63) is 30.2 Å². The first-order valence-corrected chi connectivity index (χ1v) is 11.3. The molecule has 4 fully saturated rings. The van der Waals surface area contributed by atoms with Gasteiger partial charge < -0.3 is 24.8 Å². The van der Waals surface area contributed by atoms with Gasteiger partial charge in [-0.3, -0.25) is 5.10 Å². The number of ether oxygens (including phenoxy) is 3. The van der Waals surface area contributed by atoms with Crippen molar-refractivity contribution in [1.82, 2.24) is 30.1 Å². The molecule has 3 atom stereocenters. The van der Waals surface area contributed by atoms with E-state index < -0.39 is 37.3 Å². The summed E-state index contributed by atoms with van der Waals surface area (Å²) >= 11 is 0. The Labute approximate surface area is 200 Å². The van der Waals surface area contributed by atoms with Crippen LogP contribution in [0.5, 0.6) is 5.88 Å². The lowest BCUT2D eigenvalue weighted by Crippen LogP contribution is -2.68. The summed E-state index contributed by atoms with van der Waals surface area (Å²) in [4.78, 5) is 16.3. The van der Waals surface area contributed by atoms with Crippen LogP contribution in [-0.2, 0) is 9.47 Å². The number of alkyl carbamates (subject to hydrolysis) is 1. The molecule has 3 aromatic rings. The Bertz CT molecular complexity index is 1280. The van der Waals surface area contributed by atoms with Gasteiger partial charge in [0, 0.05) is 30.1 Å². The second-order valence-electron chi connectivity index (χ2n) is 9.35. The monoisotopic (exact) mass is 511 g/mol. The number of fused-ring (bicyclic) bond motifs is 1. The van der Waals surface area contributed by atoms with Gasteiger partial charge in [0.1, 0.15) is 11.6 Å². The molecule has 0 aromatic carbocycles. The lowest BCUT2D eigenvalue weighted by atomic mass is 9.50. The lowest BCUT2D eigenvalue weighted by molar-refractivity contribution is -0.154. The smallest absolute Gasteiger partial charge is 0.422 e. The summed E-state index contributed by atoms with van der Waals surface area (Å²) in [6, 6.07) is 2.80. The Morgan fingerprint density at radius 2 is 2.11 bits per heavy atom. The third-order valence-corrected chi connectivity index (χ3v) is 6.65. The van der Waals surface area contributed by atoms with Crippen molar-refractivity contribution >= 4 is 23.2 Å². The van der Waals surface area contributed by atoms with Crippen LogP contribution in [0.2, 0.25) is 0 Å². The van der Waals surface area contributed by atoms with Gasteiger partial charge in [-0.05, 0) is 25.2 Å². The minimum absolute atomic E-state index is 0.103. The first-order chi connectivity index (χ1) is 17.2. The molecular formula is C21H21F4N7O4. The molecule has 1 amide bonds. The second-order valence-corrected chi connectivity index (χ2v) is 9.35. The SMILES string of the molecule is O=C(NC12CC(C1)C2)O[C@H]1CO[C@@H](c2cc(Nc3nccn4nc(OCC(F)(F)F)cc34)n[nH]2)[C@H]1F. The molecule has 11 nitrogen and oxygen atoms in total. The quantitative estimate of drug-likeness (QED) is 0.413. The van der Waals surface area contributed by atoms with Crippen LogP contribution in [0, 0.1) is 5.92 Å². The van der Waals surface area contributed by atoms with Crippen molar-refractivity contribution in [2.45, 2.75) is 49.4 Å². The summed E-state index contributed by atoms with van der Waals surface area (Å²) in [6.07, 6.45) is -3.17. The highest BCUT2D eigenvalue weighted by Gasteiger charge is 2.58. The molecule has 3 aliphatic carbocycles. The van der Waals surface area contributed by atoms with Crippen LogP contribution < -0.4 is 15.4 Å². The summed E-state index contributed by atoms with van der Waals surface area (Å²) in [5.74, 6) is 0.948. The number of nitrogens with one attached hydrogen (secondary N) is 3. The number of halogens is 4. The predicted octanol–water partition coefficient (Wildman–Crippen LogP) is 3.19. The van der Waals surface area contributed by atoms with E-state index in [2.05, 4.69) is 35.7 Å². The summed E-state index contributed by atoms with van der Waals surface area (Å²) in [7, 11) is 0. The fourth-order valence-corrected chi connectivity index (χ4v) is 4.84. The van der Waals surface area contributed by atoms with Crippen LogP contribution in [-0.4, -0.2) is 68.1 Å². The average molecular weight is 511 g/mol. The molecule has 3 aromatic heterocycles. The number of aromatic amines is 1. The van der Waals surface area contributed by atoms with Crippen LogP contribution >= 0.6 is 0 Å². The number of aromatic nitrogens is 5. The molecule has 3 saturated carbocycles. The second kappa shape index (κ2) is 8.21. The zero-order valence-corrected chi connectivity index (χ0v) is 18.6. The average Bonchev–Trinajstić information content (AvgIpc) is 3.48. The topological polar surface area (TPSA) is 128 Å². The van der Waals surface area contributed by atoms with E-state index in [-0.39, 0.29) is 29.7 Å². The van der Waals surface area contributed by atoms with E-state index in [0.717, 1.165) is 19.3 Å². The molecule has 15 heteroatoms. The van der Waals surface area contributed by atoms with E-state index in [0.29, 0.717) is 17.1 Å². The number of carbonyl (C=O) groups is 1. The Kier molecular flexibility index (Phi) is 5.21.